The Balaban J connectivity index is 1.29. The van der Waals surface area contributed by atoms with Gasteiger partial charge in [0.15, 0.2) is 22.5 Å². The molecule has 184 valence electrons. The molecule has 1 unspecified atom stereocenters. The van der Waals surface area contributed by atoms with Crippen molar-refractivity contribution in [2.24, 2.45) is 0 Å². The maximum Gasteiger partial charge on any atom is 0.233 e. The van der Waals surface area contributed by atoms with Crippen molar-refractivity contribution in [3.63, 3.8) is 0 Å². The van der Waals surface area contributed by atoms with E-state index in [1.807, 2.05) is 29.7 Å². The molecule has 2 aliphatic rings. The molecular weight excluding hydrogens is 469 g/mol. The van der Waals surface area contributed by atoms with Gasteiger partial charge in [0.1, 0.15) is 5.82 Å². The minimum absolute atomic E-state index is 0.112. The number of hydrogen-bond acceptors (Lipinski definition) is 7. The van der Waals surface area contributed by atoms with E-state index < -0.39 is 5.25 Å². The lowest BCUT2D eigenvalue weighted by atomic mass is 10.1. The molecule has 35 heavy (non-hydrogen) atoms. The summed E-state index contributed by atoms with van der Waals surface area (Å²) < 4.78 is 26.3. The van der Waals surface area contributed by atoms with Crippen LogP contribution in [0.25, 0.3) is 5.69 Å². The number of likely N-dealkylation sites (tertiary alicyclic amines) is 1. The molecule has 1 atom stereocenters. The molecule has 0 spiro atoms. The Labute approximate surface area is 207 Å². The molecule has 1 N–H and O–H groups in total. The van der Waals surface area contributed by atoms with Crippen molar-refractivity contribution in [1.29, 1.82) is 0 Å². The van der Waals surface area contributed by atoms with Gasteiger partial charge in [0.2, 0.25) is 12.7 Å². The highest BCUT2D eigenvalue weighted by Gasteiger charge is 2.23. The highest BCUT2D eigenvalue weighted by Crippen LogP contribution is 2.32. The van der Waals surface area contributed by atoms with Gasteiger partial charge in [-0.25, -0.2) is 4.39 Å². The van der Waals surface area contributed by atoms with E-state index in [4.69, 9.17) is 9.47 Å². The van der Waals surface area contributed by atoms with Crippen LogP contribution in [0.1, 0.15) is 37.6 Å². The summed E-state index contributed by atoms with van der Waals surface area (Å²) in [6.07, 6.45) is 3.60. The second-order valence-corrected chi connectivity index (χ2v) is 10.0. The zero-order valence-corrected chi connectivity index (χ0v) is 20.4. The molecule has 1 fully saturated rings. The summed E-state index contributed by atoms with van der Waals surface area (Å²) in [7, 11) is 0. The second-order valence-electron chi connectivity index (χ2n) is 8.71. The van der Waals surface area contributed by atoms with E-state index in [9.17, 15) is 9.18 Å². The van der Waals surface area contributed by atoms with E-state index in [1.165, 1.54) is 43.2 Å². The summed E-state index contributed by atoms with van der Waals surface area (Å²) in [5, 5.41) is 12.0. The fourth-order valence-electron chi connectivity index (χ4n) is 4.24. The van der Waals surface area contributed by atoms with Crippen molar-refractivity contribution >= 4 is 17.7 Å². The van der Waals surface area contributed by atoms with Gasteiger partial charge in [-0.2, -0.15) is 0 Å². The average Bonchev–Trinajstić information content (AvgIpc) is 3.50. The number of nitrogens with one attached hydrogen (secondary N) is 1. The molecule has 0 radical (unpaired) electrons. The lowest BCUT2D eigenvalue weighted by molar-refractivity contribution is -0.120. The monoisotopic (exact) mass is 497 g/mol. The Morgan fingerprint density at radius 2 is 1.86 bits per heavy atom. The van der Waals surface area contributed by atoms with Gasteiger partial charge < -0.3 is 14.8 Å². The number of piperidine rings is 1. The predicted molar refractivity (Wildman–Crippen MR) is 130 cm³/mol. The fourth-order valence-corrected chi connectivity index (χ4v) is 5.15. The van der Waals surface area contributed by atoms with Crippen molar-refractivity contribution in [3.8, 4) is 17.2 Å². The summed E-state index contributed by atoms with van der Waals surface area (Å²) in [5.74, 6) is 1.77. The largest absolute Gasteiger partial charge is 0.454 e. The lowest BCUT2D eigenvalue weighted by Gasteiger charge is -2.26. The van der Waals surface area contributed by atoms with E-state index >= 15 is 0 Å². The van der Waals surface area contributed by atoms with Crippen LogP contribution in [0.15, 0.2) is 47.6 Å². The average molecular weight is 498 g/mol. The second kappa shape index (κ2) is 10.7. The Bertz CT molecular complexity index is 1180. The van der Waals surface area contributed by atoms with Gasteiger partial charge in [-0.05, 0) is 74.8 Å². The third kappa shape index (κ3) is 5.59. The number of thioether (sulfide) groups is 1. The van der Waals surface area contributed by atoms with Gasteiger partial charge in [0, 0.05) is 12.2 Å². The number of ether oxygens (including phenoxy) is 2. The van der Waals surface area contributed by atoms with Gasteiger partial charge in [-0.1, -0.05) is 24.2 Å². The minimum Gasteiger partial charge on any atom is -0.454 e. The van der Waals surface area contributed by atoms with Crippen LogP contribution in [0.2, 0.25) is 0 Å². The lowest BCUT2D eigenvalue weighted by Crippen LogP contribution is -2.31. The van der Waals surface area contributed by atoms with Crippen molar-refractivity contribution in [2.45, 2.75) is 49.7 Å². The molecule has 1 saturated heterocycles. The molecule has 3 heterocycles. The van der Waals surface area contributed by atoms with Crippen molar-refractivity contribution in [1.82, 2.24) is 25.0 Å². The molecule has 1 amide bonds. The smallest absolute Gasteiger partial charge is 0.233 e. The van der Waals surface area contributed by atoms with Crippen LogP contribution >= 0.6 is 11.8 Å². The Hall–Kier alpha value is -3.11. The number of benzene rings is 2. The summed E-state index contributed by atoms with van der Waals surface area (Å²) in [6, 6.07) is 11.9. The van der Waals surface area contributed by atoms with Crippen LogP contribution < -0.4 is 14.8 Å². The number of hydrogen-bond donors (Lipinski definition) is 1. The molecule has 5 rings (SSSR count). The summed E-state index contributed by atoms with van der Waals surface area (Å²) >= 11 is 1.34. The summed E-state index contributed by atoms with van der Waals surface area (Å²) in [5.41, 5.74) is 1.71. The SMILES string of the molecule is CC(Sc1nnc(CN2CCCCC2)n1-c1ccc(F)cc1)C(=O)NCc1ccc2c(c1)OCO2. The molecule has 2 aliphatic heterocycles. The zero-order chi connectivity index (χ0) is 24.2. The molecule has 10 heteroatoms. The van der Waals surface area contributed by atoms with Crippen LogP contribution in [0.4, 0.5) is 4.39 Å². The van der Waals surface area contributed by atoms with Gasteiger partial charge >= 0.3 is 0 Å². The number of fused-ring (bicyclic) bond motifs is 1. The minimum atomic E-state index is -0.407. The molecule has 8 nitrogen and oxygen atoms in total. The van der Waals surface area contributed by atoms with Crippen molar-refractivity contribution < 1.29 is 18.7 Å². The maximum atomic E-state index is 13.6. The molecule has 0 aliphatic carbocycles. The molecule has 3 aromatic rings. The van der Waals surface area contributed by atoms with E-state index in [0.29, 0.717) is 29.7 Å². The van der Waals surface area contributed by atoms with Crippen molar-refractivity contribution in [3.05, 3.63) is 59.7 Å². The Morgan fingerprint density at radius 3 is 2.66 bits per heavy atom. The van der Waals surface area contributed by atoms with Crippen LogP contribution in [-0.4, -0.2) is 50.7 Å². The summed E-state index contributed by atoms with van der Waals surface area (Å²) in [6.45, 7) is 5.15. The number of rotatable bonds is 8. The molecule has 2 aromatic carbocycles. The van der Waals surface area contributed by atoms with E-state index in [-0.39, 0.29) is 18.5 Å². The first kappa shape index (κ1) is 23.6. The van der Waals surface area contributed by atoms with Crippen LogP contribution in [0.3, 0.4) is 0 Å². The molecular formula is C25H28FN5O3S. The number of carbonyl (C=O) groups excluding carboxylic acids is 1. The molecule has 0 saturated carbocycles. The third-order valence-corrected chi connectivity index (χ3v) is 7.20. The highest BCUT2D eigenvalue weighted by molar-refractivity contribution is 8.00. The van der Waals surface area contributed by atoms with Crippen LogP contribution in [0, 0.1) is 5.82 Å². The number of aromatic nitrogens is 3. The molecule has 0 bridgehead atoms. The number of halogens is 1. The van der Waals surface area contributed by atoms with Crippen molar-refractivity contribution in [2.75, 3.05) is 19.9 Å². The quantitative estimate of drug-likeness (QED) is 0.473. The van der Waals surface area contributed by atoms with Crippen LogP contribution in [-0.2, 0) is 17.9 Å². The third-order valence-electron chi connectivity index (χ3n) is 6.15. The van der Waals surface area contributed by atoms with Gasteiger partial charge in [-0.15, -0.1) is 10.2 Å². The normalized spacial score (nSPS) is 16.3. The first-order chi connectivity index (χ1) is 17.1. The van der Waals surface area contributed by atoms with E-state index in [0.717, 1.165) is 30.2 Å². The Kier molecular flexibility index (Phi) is 7.19. The number of nitrogens with zero attached hydrogens (tertiary/aromatic N) is 4. The standard InChI is InChI=1S/C25H28FN5O3S/c1-17(24(32)27-14-18-5-10-21-22(13-18)34-16-33-21)35-25-29-28-23(15-30-11-3-2-4-12-30)31(25)20-8-6-19(26)7-9-20/h5-10,13,17H,2-4,11-12,14-16H2,1H3,(H,27,32). The highest BCUT2D eigenvalue weighted by atomic mass is 32.2. The van der Waals surface area contributed by atoms with Crippen LogP contribution in [0.5, 0.6) is 11.5 Å². The number of amides is 1. The first-order valence-electron chi connectivity index (χ1n) is 11.8. The summed E-state index contributed by atoms with van der Waals surface area (Å²) in [4.78, 5) is 15.2. The Morgan fingerprint density at radius 1 is 1.09 bits per heavy atom. The fraction of sp³-hybridized carbons (Fsp3) is 0.400. The molecule has 1 aromatic heterocycles. The maximum absolute atomic E-state index is 13.6. The zero-order valence-electron chi connectivity index (χ0n) is 19.6. The van der Waals surface area contributed by atoms with Gasteiger partial charge in [0.05, 0.1) is 11.8 Å². The van der Waals surface area contributed by atoms with E-state index in [2.05, 4.69) is 20.4 Å². The van der Waals surface area contributed by atoms with Gasteiger partial charge in [0.25, 0.3) is 0 Å². The predicted octanol–water partition coefficient (Wildman–Crippen LogP) is 3.92. The van der Waals surface area contributed by atoms with Gasteiger partial charge in [-0.3, -0.25) is 14.3 Å². The van der Waals surface area contributed by atoms with E-state index in [1.54, 1.807) is 12.1 Å². The first-order valence-corrected chi connectivity index (χ1v) is 12.7. The topological polar surface area (TPSA) is 81.5 Å². The number of carbonyl (C=O) groups is 1.